The highest BCUT2D eigenvalue weighted by Crippen LogP contribution is 2.48. The molecular formula is C16H19BrFNO. The highest BCUT2D eigenvalue weighted by Gasteiger charge is 2.40. The van der Waals surface area contributed by atoms with Crippen LogP contribution in [-0.4, -0.2) is 24.4 Å². The number of amides is 1. The maximum atomic E-state index is 13.8. The molecule has 108 valence electrons. The lowest BCUT2D eigenvalue weighted by Crippen LogP contribution is -2.34. The molecule has 0 spiro atoms. The van der Waals surface area contributed by atoms with Crippen molar-refractivity contribution in [3.8, 4) is 0 Å². The van der Waals surface area contributed by atoms with Crippen LogP contribution in [0.15, 0.2) is 22.7 Å². The number of hydrogen-bond donors (Lipinski definition) is 0. The van der Waals surface area contributed by atoms with Gasteiger partial charge in [-0.3, -0.25) is 4.79 Å². The summed E-state index contributed by atoms with van der Waals surface area (Å²) in [7, 11) is 1.78. The van der Waals surface area contributed by atoms with E-state index in [9.17, 15) is 9.18 Å². The van der Waals surface area contributed by atoms with Gasteiger partial charge in [0.25, 0.3) is 5.91 Å². The number of carbonyl (C=O) groups is 1. The zero-order valence-electron chi connectivity index (χ0n) is 11.6. The number of carbonyl (C=O) groups excluding carboxylic acids is 1. The van der Waals surface area contributed by atoms with Crippen molar-refractivity contribution in [2.45, 2.75) is 25.7 Å². The van der Waals surface area contributed by atoms with Crippen LogP contribution < -0.4 is 0 Å². The van der Waals surface area contributed by atoms with Gasteiger partial charge in [0.2, 0.25) is 0 Å². The van der Waals surface area contributed by atoms with Crippen LogP contribution in [0.1, 0.15) is 36.0 Å². The minimum atomic E-state index is -0.454. The van der Waals surface area contributed by atoms with Crippen LogP contribution in [0, 0.1) is 23.6 Å². The predicted molar refractivity (Wildman–Crippen MR) is 80.0 cm³/mol. The molecule has 0 aliphatic heterocycles. The number of rotatable bonds is 3. The van der Waals surface area contributed by atoms with E-state index in [0.29, 0.717) is 10.4 Å². The molecule has 0 N–H and O–H groups in total. The van der Waals surface area contributed by atoms with Crippen molar-refractivity contribution < 1.29 is 9.18 Å². The zero-order valence-corrected chi connectivity index (χ0v) is 13.2. The molecule has 0 radical (unpaired) electrons. The molecule has 20 heavy (non-hydrogen) atoms. The van der Waals surface area contributed by atoms with Gasteiger partial charge in [-0.2, -0.15) is 0 Å². The lowest BCUT2D eigenvalue weighted by molar-refractivity contribution is 0.0748. The summed E-state index contributed by atoms with van der Waals surface area (Å²) in [6.45, 7) is 0.751. The molecule has 2 aliphatic carbocycles. The van der Waals surface area contributed by atoms with Crippen molar-refractivity contribution in [1.82, 2.24) is 4.90 Å². The number of nitrogens with zero attached hydrogens (tertiary/aromatic N) is 1. The van der Waals surface area contributed by atoms with Gasteiger partial charge in [-0.15, -0.1) is 0 Å². The largest absolute Gasteiger partial charge is 0.341 e. The Morgan fingerprint density at radius 3 is 2.80 bits per heavy atom. The number of halogens is 2. The maximum Gasteiger partial charge on any atom is 0.257 e. The third kappa shape index (κ3) is 2.50. The van der Waals surface area contributed by atoms with E-state index in [-0.39, 0.29) is 11.5 Å². The molecule has 2 nitrogen and oxygen atoms in total. The van der Waals surface area contributed by atoms with Crippen LogP contribution >= 0.6 is 15.9 Å². The molecule has 2 saturated carbocycles. The van der Waals surface area contributed by atoms with Crippen molar-refractivity contribution in [3.05, 3.63) is 34.1 Å². The van der Waals surface area contributed by atoms with Gasteiger partial charge in [0.05, 0.1) is 5.56 Å². The number of fused-ring (bicyclic) bond motifs is 2. The molecule has 1 aromatic carbocycles. The first-order valence-electron chi connectivity index (χ1n) is 7.25. The standard InChI is InChI=1S/C16H19BrFNO/c1-19(9-12-8-10-5-6-11(12)7-10)16(20)15-13(17)3-2-4-14(15)18/h2-4,10-12H,5-9H2,1H3. The van der Waals surface area contributed by atoms with Crippen LogP contribution in [0.2, 0.25) is 0 Å². The summed E-state index contributed by atoms with van der Waals surface area (Å²) in [6.07, 6.45) is 5.23. The monoisotopic (exact) mass is 339 g/mol. The molecule has 0 heterocycles. The fourth-order valence-electron chi connectivity index (χ4n) is 3.93. The summed E-state index contributed by atoms with van der Waals surface area (Å²) < 4.78 is 14.4. The highest BCUT2D eigenvalue weighted by atomic mass is 79.9. The Hall–Kier alpha value is -0.900. The molecule has 0 saturated heterocycles. The highest BCUT2D eigenvalue weighted by molar-refractivity contribution is 9.10. The Kier molecular flexibility index (Phi) is 3.85. The normalized spacial score (nSPS) is 27.9. The minimum Gasteiger partial charge on any atom is -0.341 e. The van der Waals surface area contributed by atoms with Gasteiger partial charge in [-0.25, -0.2) is 4.39 Å². The van der Waals surface area contributed by atoms with E-state index >= 15 is 0 Å². The summed E-state index contributed by atoms with van der Waals surface area (Å²) in [4.78, 5) is 14.1. The lowest BCUT2D eigenvalue weighted by Gasteiger charge is -2.27. The predicted octanol–water partition coefficient (Wildman–Crippen LogP) is 4.10. The van der Waals surface area contributed by atoms with Crippen LogP contribution in [0.4, 0.5) is 4.39 Å². The Morgan fingerprint density at radius 2 is 2.20 bits per heavy atom. The van der Waals surface area contributed by atoms with Gasteiger partial charge in [0, 0.05) is 18.1 Å². The molecule has 2 bridgehead atoms. The van der Waals surface area contributed by atoms with E-state index in [1.807, 2.05) is 0 Å². The van der Waals surface area contributed by atoms with E-state index in [4.69, 9.17) is 0 Å². The van der Waals surface area contributed by atoms with Crippen LogP contribution in [0.3, 0.4) is 0 Å². The third-order valence-electron chi connectivity index (χ3n) is 4.92. The second kappa shape index (κ2) is 5.47. The van der Waals surface area contributed by atoms with E-state index < -0.39 is 5.82 Å². The number of hydrogen-bond acceptors (Lipinski definition) is 1. The first-order valence-corrected chi connectivity index (χ1v) is 8.05. The SMILES string of the molecule is CN(CC1CC2CCC1C2)C(=O)c1c(F)cccc1Br. The second-order valence-electron chi connectivity index (χ2n) is 6.22. The fourth-order valence-corrected chi connectivity index (χ4v) is 4.44. The molecular weight excluding hydrogens is 321 g/mol. The van der Waals surface area contributed by atoms with Gasteiger partial charge >= 0.3 is 0 Å². The molecule has 4 heteroatoms. The Bertz CT molecular complexity index is 513. The van der Waals surface area contributed by atoms with Gasteiger partial charge in [0.1, 0.15) is 5.82 Å². The first-order chi connectivity index (χ1) is 9.56. The first kappa shape index (κ1) is 14.1. The minimum absolute atomic E-state index is 0.151. The van der Waals surface area contributed by atoms with E-state index in [1.165, 1.54) is 31.7 Å². The van der Waals surface area contributed by atoms with Crippen molar-refractivity contribution >= 4 is 21.8 Å². The van der Waals surface area contributed by atoms with Gasteiger partial charge in [-0.1, -0.05) is 12.5 Å². The van der Waals surface area contributed by atoms with Crippen LogP contribution in [0.25, 0.3) is 0 Å². The maximum absolute atomic E-state index is 13.8. The summed E-state index contributed by atoms with van der Waals surface area (Å²) in [5.74, 6) is 1.57. The quantitative estimate of drug-likeness (QED) is 0.811. The molecule has 0 aromatic heterocycles. The summed E-state index contributed by atoms with van der Waals surface area (Å²) in [5.41, 5.74) is 0.151. The number of benzene rings is 1. The summed E-state index contributed by atoms with van der Waals surface area (Å²) in [6, 6.07) is 4.65. The molecule has 1 amide bonds. The Balaban J connectivity index is 1.71. The Labute approximate surface area is 127 Å². The summed E-state index contributed by atoms with van der Waals surface area (Å²) >= 11 is 3.27. The van der Waals surface area contributed by atoms with E-state index in [0.717, 1.165) is 18.4 Å². The van der Waals surface area contributed by atoms with Crippen LogP contribution in [-0.2, 0) is 0 Å². The molecule has 1 aromatic rings. The van der Waals surface area contributed by atoms with Gasteiger partial charge < -0.3 is 4.90 Å². The van der Waals surface area contributed by atoms with Crippen molar-refractivity contribution in [2.75, 3.05) is 13.6 Å². The summed E-state index contributed by atoms with van der Waals surface area (Å²) in [5, 5.41) is 0. The van der Waals surface area contributed by atoms with Crippen molar-refractivity contribution in [2.24, 2.45) is 17.8 Å². The van der Waals surface area contributed by atoms with Crippen LogP contribution in [0.5, 0.6) is 0 Å². The van der Waals surface area contributed by atoms with Gasteiger partial charge in [0.15, 0.2) is 0 Å². The van der Waals surface area contributed by atoms with Crippen molar-refractivity contribution in [3.63, 3.8) is 0 Å². The molecule has 3 unspecified atom stereocenters. The molecule has 2 fully saturated rings. The third-order valence-corrected chi connectivity index (χ3v) is 5.58. The molecule has 3 rings (SSSR count). The second-order valence-corrected chi connectivity index (χ2v) is 7.07. The lowest BCUT2D eigenvalue weighted by atomic mass is 9.88. The van der Waals surface area contributed by atoms with E-state index in [1.54, 1.807) is 24.1 Å². The van der Waals surface area contributed by atoms with Crippen molar-refractivity contribution in [1.29, 1.82) is 0 Å². The zero-order chi connectivity index (χ0) is 14.3. The van der Waals surface area contributed by atoms with Gasteiger partial charge in [-0.05, 0) is 65.1 Å². The average Bonchev–Trinajstić information content (AvgIpc) is 3.00. The topological polar surface area (TPSA) is 20.3 Å². The van der Waals surface area contributed by atoms with E-state index in [2.05, 4.69) is 15.9 Å². The molecule has 2 aliphatic rings. The average molecular weight is 340 g/mol. The fraction of sp³-hybridized carbons (Fsp3) is 0.562. The Morgan fingerprint density at radius 1 is 1.40 bits per heavy atom. The molecule has 3 atom stereocenters. The smallest absolute Gasteiger partial charge is 0.257 e.